The molecule has 1 aliphatic heterocycles. The molecule has 1 aliphatic rings. The molecule has 0 spiro atoms. The molecule has 412 valence electrons. The van der Waals surface area contributed by atoms with Crippen molar-refractivity contribution in [3.05, 3.63) is 130 Å². The van der Waals surface area contributed by atoms with Gasteiger partial charge in [-0.1, -0.05) is 61.2 Å². The Morgan fingerprint density at radius 2 is 1.47 bits per heavy atom. The van der Waals surface area contributed by atoms with Gasteiger partial charge in [0.25, 0.3) is 8.53 Å². The maximum atomic E-state index is 13.5. The summed E-state index contributed by atoms with van der Waals surface area (Å²) in [5.74, 6) is 0.869. The number of anilines is 1. The number of aromatic nitrogens is 2. The van der Waals surface area contributed by atoms with Crippen molar-refractivity contribution in [2.45, 2.75) is 116 Å². The molecule has 5 atom stereocenters. The number of carbonyl (C=O) groups excluding carboxylic acids is 3. The van der Waals surface area contributed by atoms with Gasteiger partial charge in [0.05, 0.1) is 72.0 Å². The van der Waals surface area contributed by atoms with Gasteiger partial charge in [0.15, 0.2) is 0 Å². The topological polar surface area (TPSA) is 223 Å². The zero-order chi connectivity index (χ0) is 54.9. The van der Waals surface area contributed by atoms with Gasteiger partial charge in [-0.3, -0.25) is 19.0 Å². The second-order valence-corrected chi connectivity index (χ2v) is 20.0. The van der Waals surface area contributed by atoms with E-state index in [0.29, 0.717) is 76.0 Å². The summed E-state index contributed by atoms with van der Waals surface area (Å²) in [6, 6.07) is 29.2. The van der Waals surface area contributed by atoms with Gasteiger partial charge in [-0.25, -0.2) is 9.46 Å². The van der Waals surface area contributed by atoms with Crippen LogP contribution in [0.1, 0.15) is 103 Å². The molecule has 19 nitrogen and oxygen atoms in total. The lowest BCUT2D eigenvalue weighted by atomic mass is 9.80. The minimum Gasteiger partial charge on any atom is -0.497 e. The predicted molar refractivity (Wildman–Crippen MR) is 290 cm³/mol. The Hall–Kier alpha value is -6.07. The monoisotopic (exact) mass is 1070 g/mol. The molecule has 0 radical (unpaired) electrons. The molecule has 4 aromatic rings. The molecule has 0 saturated carbocycles. The third-order valence-corrected chi connectivity index (χ3v) is 14.2. The fraction of sp³-hybridized carbons (Fsp3) is 0.500. The van der Waals surface area contributed by atoms with E-state index in [1.165, 1.54) is 11.5 Å². The van der Waals surface area contributed by atoms with Crippen molar-refractivity contribution >= 4 is 32.1 Å². The number of unbranched alkanes of at least 4 members (excludes halogenated alkanes) is 2. The second-order valence-electron chi connectivity index (χ2n) is 18.6. The van der Waals surface area contributed by atoms with Crippen LogP contribution in [0.3, 0.4) is 0 Å². The lowest BCUT2D eigenvalue weighted by Gasteiger charge is -2.39. The molecule has 1 saturated heterocycles. The van der Waals surface area contributed by atoms with E-state index >= 15 is 0 Å². The summed E-state index contributed by atoms with van der Waals surface area (Å²) in [6.07, 6.45) is 2.38. The van der Waals surface area contributed by atoms with Crippen LogP contribution >= 0.6 is 8.53 Å². The minimum absolute atomic E-state index is 0.0147. The van der Waals surface area contributed by atoms with E-state index in [2.05, 4.69) is 65.9 Å². The normalized spacial score (nSPS) is 16.5. The summed E-state index contributed by atoms with van der Waals surface area (Å²) in [5.41, 5.74) is 1.06. The minimum atomic E-state index is -1.73. The highest BCUT2D eigenvalue weighted by Gasteiger charge is 2.45. The van der Waals surface area contributed by atoms with Crippen LogP contribution in [-0.4, -0.2) is 123 Å². The van der Waals surface area contributed by atoms with Gasteiger partial charge in [-0.05, 0) is 101 Å². The number of methoxy groups -OCH3 is 1. The van der Waals surface area contributed by atoms with Crippen molar-refractivity contribution in [3.8, 4) is 17.6 Å². The lowest BCUT2D eigenvalue weighted by molar-refractivity contribution is -0.121. The first kappa shape index (κ1) is 60.8. The fourth-order valence-corrected chi connectivity index (χ4v) is 10.2. The highest BCUT2D eigenvalue weighted by Crippen LogP contribution is 2.51. The van der Waals surface area contributed by atoms with Crippen LogP contribution in [0.2, 0.25) is 0 Å². The smallest absolute Gasteiger partial charge is 0.351 e. The number of rotatable bonds is 34. The first-order valence-electron chi connectivity index (χ1n) is 25.9. The summed E-state index contributed by atoms with van der Waals surface area (Å²) < 4.78 is 53.7. The largest absolute Gasteiger partial charge is 0.497 e. The van der Waals surface area contributed by atoms with Crippen LogP contribution in [0.4, 0.5) is 5.82 Å². The number of benzene rings is 3. The summed E-state index contributed by atoms with van der Waals surface area (Å²) in [6.45, 7) is 17.8. The van der Waals surface area contributed by atoms with E-state index < -0.39 is 38.3 Å². The van der Waals surface area contributed by atoms with E-state index in [0.717, 1.165) is 29.5 Å². The standard InChI is InChI=1S/C56H76N7O12P/c1-40(2)54(66)59-30-35-70-37-36-69-34-29-58-52(65)18-13-10-14-32-71-48-25-21-46(22-26-48)56(44-16-11-9-12-17-44,45-19-23-47(68-8)24-20-45)72-39-50-49(75-76(73-33-15-28-57)63(41(3)4)42(5)6)38-53(74-50)62-31-27-51(60-43(7)64)61-55(62)67/h9,11-12,16-17,19-27,31,41-42,49-50,53H,1,10,13-15,18,29-30,32-39H2,2-8H3,(H,58,65)(H,59,66)(H,60,61,64,67)/t49-,50+,53+,56?,76?/m0/s1. The summed E-state index contributed by atoms with van der Waals surface area (Å²) in [5, 5.41) is 17.6. The number of nitriles is 1. The summed E-state index contributed by atoms with van der Waals surface area (Å²) >= 11 is 0. The summed E-state index contributed by atoms with van der Waals surface area (Å²) in [4.78, 5) is 53.4. The number of hydrogen-bond donors (Lipinski definition) is 3. The molecule has 3 aromatic carbocycles. The number of nitrogens with zero attached hydrogens (tertiary/aromatic N) is 4. The van der Waals surface area contributed by atoms with Gasteiger partial charge in [0.1, 0.15) is 35.2 Å². The average Bonchev–Trinajstić information content (AvgIpc) is 3.81. The Morgan fingerprint density at radius 1 is 0.842 bits per heavy atom. The van der Waals surface area contributed by atoms with Crippen LogP contribution in [0, 0.1) is 11.3 Å². The number of amides is 3. The van der Waals surface area contributed by atoms with Crippen molar-refractivity contribution in [1.82, 2.24) is 24.9 Å². The van der Waals surface area contributed by atoms with Crippen molar-refractivity contribution < 1.29 is 51.9 Å². The van der Waals surface area contributed by atoms with Crippen molar-refractivity contribution in [2.75, 3.05) is 71.8 Å². The van der Waals surface area contributed by atoms with Crippen LogP contribution in [0.15, 0.2) is 108 Å². The Labute approximate surface area is 448 Å². The zero-order valence-electron chi connectivity index (χ0n) is 45.0. The highest BCUT2D eigenvalue weighted by atomic mass is 31.2. The number of ether oxygens (including phenoxy) is 6. The molecule has 3 N–H and O–H groups in total. The quantitative estimate of drug-likeness (QED) is 0.0175. The molecule has 1 aromatic heterocycles. The first-order chi connectivity index (χ1) is 36.7. The van der Waals surface area contributed by atoms with Gasteiger partial charge in [0.2, 0.25) is 17.7 Å². The maximum absolute atomic E-state index is 13.5. The molecule has 3 amide bonds. The average molecular weight is 1070 g/mol. The van der Waals surface area contributed by atoms with Crippen molar-refractivity contribution in [1.29, 1.82) is 5.26 Å². The zero-order valence-corrected chi connectivity index (χ0v) is 45.9. The lowest BCUT2D eigenvalue weighted by Crippen LogP contribution is -2.39. The number of hydrogen-bond acceptors (Lipinski definition) is 15. The third kappa shape index (κ3) is 18.6. The van der Waals surface area contributed by atoms with Crippen LogP contribution in [0.25, 0.3) is 0 Å². The Morgan fingerprint density at radius 3 is 2.07 bits per heavy atom. The molecule has 2 unspecified atom stereocenters. The number of nitrogens with one attached hydrogen (secondary N) is 3. The summed E-state index contributed by atoms with van der Waals surface area (Å²) in [7, 11) is -0.113. The van der Waals surface area contributed by atoms with E-state index in [9.17, 15) is 24.4 Å². The molecular weight excluding hydrogens is 994 g/mol. The first-order valence-corrected chi connectivity index (χ1v) is 27.0. The molecule has 0 aliphatic carbocycles. The molecule has 1 fully saturated rings. The Balaban J connectivity index is 1.29. The Bertz CT molecular complexity index is 2520. The molecular formula is C56H76N7O12P. The van der Waals surface area contributed by atoms with E-state index in [-0.39, 0.29) is 61.7 Å². The van der Waals surface area contributed by atoms with E-state index in [4.69, 9.17) is 37.5 Å². The van der Waals surface area contributed by atoms with E-state index in [1.54, 1.807) is 26.3 Å². The molecule has 76 heavy (non-hydrogen) atoms. The molecule has 20 heteroatoms. The molecule has 5 rings (SSSR count). The van der Waals surface area contributed by atoms with Crippen LogP contribution < -0.4 is 31.1 Å². The van der Waals surface area contributed by atoms with Gasteiger partial charge in [0, 0.05) is 56.7 Å². The third-order valence-electron chi connectivity index (χ3n) is 12.1. The molecule has 0 bridgehead atoms. The van der Waals surface area contributed by atoms with E-state index in [1.807, 2.05) is 78.9 Å². The van der Waals surface area contributed by atoms with Gasteiger partial charge in [-0.2, -0.15) is 10.2 Å². The van der Waals surface area contributed by atoms with Gasteiger partial charge < -0.3 is 53.4 Å². The van der Waals surface area contributed by atoms with Crippen LogP contribution in [-0.2, 0) is 48.0 Å². The van der Waals surface area contributed by atoms with Crippen molar-refractivity contribution in [3.63, 3.8) is 0 Å². The van der Waals surface area contributed by atoms with Crippen molar-refractivity contribution in [2.24, 2.45) is 0 Å². The van der Waals surface area contributed by atoms with Gasteiger partial charge >= 0.3 is 5.69 Å². The maximum Gasteiger partial charge on any atom is 0.351 e. The van der Waals surface area contributed by atoms with Crippen LogP contribution in [0.5, 0.6) is 11.5 Å². The molecule has 2 heterocycles. The highest BCUT2D eigenvalue weighted by molar-refractivity contribution is 7.44. The predicted octanol–water partition coefficient (Wildman–Crippen LogP) is 7.95. The van der Waals surface area contributed by atoms with Gasteiger partial charge in [-0.15, -0.1) is 0 Å². The SMILES string of the molecule is C=C(C)C(=O)NCCOCCOCCNC(=O)CCCCCOc1ccc(C(OC[C@H]2O[C@@H](n3ccc(NC(C)=O)nc3=O)C[C@@H]2OP(OCCC#N)N(C(C)C)C(C)C)(c2ccccc2)c2ccc(OC)cc2)cc1. The fourth-order valence-electron chi connectivity index (χ4n) is 8.48. The number of carbonyl (C=O) groups is 3. The second kappa shape index (κ2) is 31.9. The Kier molecular flexibility index (Phi) is 25.5.